The highest BCUT2D eigenvalue weighted by molar-refractivity contribution is 4.82. The third kappa shape index (κ3) is 4.97. The minimum atomic E-state index is -0.0939. The molecule has 0 aromatic heterocycles. The van der Waals surface area contributed by atoms with Gasteiger partial charge >= 0.3 is 0 Å². The summed E-state index contributed by atoms with van der Waals surface area (Å²) in [5.74, 6) is 0.602. The zero-order valence-corrected chi connectivity index (χ0v) is 9.63. The summed E-state index contributed by atoms with van der Waals surface area (Å²) in [6.45, 7) is 5.24. The molecule has 0 radical (unpaired) electrons. The Hall–Kier alpha value is -0.0800. The first-order valence-electron chi connectivity index (χ1n) is 6.15. The highest BCUT2D eigenvalue weighted by atomic mass is 16.3. The van der Waals surface area contributed by atoms with Gasteiger partial charge in [0.05, 0.1) is 6.10 Å². The molecule has 0 aromatic carbocycles. The van der Waals surface area contributed by atoms with Gasteiger partial charge in [0.2, 0.25) is 0 Å². The van der Waals surface area contributed by atoms with E-state index in [1.54, 1.807) is 0 Å². The van der Waals surface area contributed by atoms with Crippen LogP contribution in [0.3, 0.4) is 0 Å². The fourth-order valence-corrected chi connectivity index (χ4v) is 1.77. The summed E-state index contributed by atoms with van der Waals surface area (Å²) in [5.41, 5.74) is 0. The third-order valence-corrected chi connectivity index (χ3v) is 3.08. The topological polar surface area (TPSA) is 32.3 Å². The summed E-state index contributed by atoms with van der Waals surface area (Å²) in [6, 6.07) is 0.565. The van der Waals surface area contributed by atoms with Gasteiger partial charge in [-0.15, -0.1) is 0 Å². The smallest absolute Gasteiger partial charge is 0.0692 e. The van der Waals surface area contributed by atoms with Crippen molar-refractivity contribution in [2.45, 2.75) is 64.5 Å². The van der Waals surface area contributed by atoms with Crippen molar-refractivity contribution in [3.8, 4) is 0 Å². The van der Waals surface area contributed by atoms with Crippen molar-refractivity contribution in [2.75, 3.05) is 6.54 Å². The van der Waals surface area contributed by atoms with Crippen LogP contribution in [0.2, 0.25) is 0 Å². The molecule has 2 unspecified atom stereocenters. The van der Waals surface area contributed by atoms with Gasteiger partial charge < -0.3 is 10.4 Å². The first-order chi connectivity index (χ1) is 6.74. The third-order valence-electron chi connectivity index (χ3n) is 3.08. The second kappa shape index (κ2) is 6.41. The number of aliphatic hydroxyl groups excluding tert-OH is 1. The monoisotopic (exact) mass is 199 g/mol. The van der Waals surface area contributed by atoms with E-state index >= 15 is 0 Å². The van der Waals surface area contributed by atoms with Crippen molar-refractivity contribution in [2.24, 2.45) is 5.92 Å². The molecule has 1 aliphatic rings. The summed E-state index contributed by atoms with van der Waals surface area (Å²) < 4.78 is 0. The van der Waals surface area contributed by atoms with Gasteiger partial charge in [0, 0.05) is 12.6 Å². The van der Waals surface area contributed by atoms with Crippen molar-refractivity contribution < 1.29 is 5.11 Å². The number of hydrogen-bond acceptors (Lipinski definition) is 2. The molecule has 0 spiro atoms. The molecule has 0 saturated heterocycles. The molecule has 1 rings (SSSR count). The molecule has 2 atom stereocenters. The van der Waals surface area contributed by atoms with E-state index in [4.69, 9.17) is 0 Å². The average Bonchev–Trinajstić information content (AvgIpc) is 2.98. The van der Waals surface area contributed by atoms with Crippen LogP contribution in [0.4, 0.5) is 0 Å². The molecule has 2 nitrogen and oxygen atoms in total. The number of unbranched alkanes of at least 4 members (excludes halogenated alkanes) is 2. The predicted molar refractivity (Wildman–Crippen MR) is 60.3 cm³/mol. The molecule has 0 aromatic rings. The summed E-state index contributed by atoms with van der Waals surface area (Å²) in [7, 11) is 0. The molecule has 14 heavy (non-hydrogen) atoms. The van der Waals surface area contributed by atoms with Crippen LogP contribution in [0, 0.1) is 5.92 Å². The number of hydrogen-bond donors (Lipinski definition) is 2. The van der Waals surface area contributed by atoms with Gasteiger partial charge in [0.1, 0.15) is 0 Å². The maximum absolute atomic E-state index is 9.65. The van der Waals surface area contributed by atoms with Gasteiger partial charge in [-0.05, 0) is 32.1 Å². The summed E-state index contributed by atoms with van der Waals surface area (Å²) >= 11 is 0. The second-order valence-electron chi connectivity index (χ2n) is 4.71. The molecule has 2 heteroatoms. The van der Waals surface area contributed by atoms with E-state index in [9.17, 15) is 5.11 Å². The van der Waals surface area contributed by atoms with Crippen molar-refractivity contribution in [3.05, 3.63) is 0 Å². The standard InChI is InChI=1S/C12H25NO/c1-3-4-5-6-10(2)13-9-12(14)11-7-8-11/h10-14H,3-9H2,1-2H3. The molecule has 0 aliphatic heterocycles. The highest BCUT2D eigenvalue weighted by Crippen LogP contribution is 2.32. The normalized spacial score (nSPS) is 20.8. The lowest BCUT2D eigenvalue weighted by atomic mass is 10.1. The maximum atomic E-state index is 9.65. The molecule has 1 fully saturated rings. The molecule has 0 amide bonds. The Morgan fingerprint density at radius 2 is 2.07 bits per heavy atom. The van der Waals surface area contributed by atoms with Crippen molar-refractivity contribution in [3.63, 3.8) is 0 Å². The van der Waals surface area contributed by atoms with Crippen LogP contribution < -0.4 is 5.32 Å². The molecular weight excluding hydrogens is 174 g/mol. The van der Waals surface area contributed by atoms with Crippen LogP contribution in [-0.4, -0.2) is 23.8 Å². The van der Waals surface area contributed by atoms with Gasteiger partial charge in [0.25, 0.3) is 0 Å². The van der Waals surface area contributed by atoms with Crippen LogP contribution in [0.15, 0.2) is 0 Å². The molecular formula is C12H25NO. The number of rotatable bonds is 8. The fourth-order valence-electron chi connectivity index (χ4n) is 1.77. The van der Waals surface area contributed by atoms with Gasteiger partial charge in [0.15, 0.2) is 0 Å². The molecule has 2 N–H and O–H groups in total. The quantitative estimate of drug-likeness (QED) is 0.588. The van der Waals surface area contributed by atoms with Gasteiger partial charge in [-0.1, -0.05) is 26.2 Å². The molecule has 1 saturated carbocycles. The molecule has 84 valence electrons. The first-order valence-corrected chi connectivity index (χ1v) is 6.15. The van der Waals surface area contributed by atoms with E-state index in [1.165, 1.54) is 38.5 Å². The van der Waals surface area contributed by atoms with Crippen LogP contribution in [0.1, 0.15) is 52.4 Å². The lowest BCUT2D eigenvalue weighted by Crippen LogP contribution is -2.34. The zero-order chi connectivity index (χ0) is 10.4. The lowest BCUT2D eigenvalue weighted by molar-refractivity contribution is 0.144. The minimum Gasteiger partial charge on any atom is -0.392 e. The SMILES string of the molecule is CCCCCC(C)NCC(O)C1CC1. The Morgan fingerprint density at radius 3 is 2.64 bits per heavy atom. The summed E-state index contributed by atoms with van der Waals surface area (Å²) in [4.78, 5) is 0. The Labute approximate surface area is 88.1 Å². The molecule has 0 heterocycles. The van der Waals surface area contributed by atoms with Crippen molar-refractivity contribution >= 4 is 0 Å². The van der Waals surface area contributed by atoms with E-state index in [1.807, 2.05) is 0 Å². The van der Waals surface area contributed by atoms with E-state index in [0.29, 0.717) is 12.0 Å². The number of aliphatic hydroxyl groups is 1. The number of nitrogens with one attached hydrogen (secondary N) is 1. The largest absolute Gasteiger partial charge is 0.392 e. The Kier molecular flexibility index (Phi) is 5.49. The summed E-state index contributed by atoms with van der Waals surface area (Å²) in [6.07, 6.45) is 7.54. The molecule has 1 aliphatic carbocycles. The Morgan fingerprint density at radius 1 is 1.36 bits per heavy atom. The van der Waals surface area contributed by atoms with Gasteiger partial charge in [-0.3, -0.25) is 0 Å². The van der Waals surface area contributed by atoms with Crippen LogP contribution in [0.25, 0.3) is 0 Å². The fraction of sp³-hybridized carbons (Fsp3) is 1.00. The van der Waals surface area contributed by atoms with E-state index < -0.39 is 0 Å². The van der Waals surface area contributed by atoms with Crippen molar-refractivity contribution in [1.82, 2.24) is 5.32 Å². The van der Waals surface area contributed by atoms with Crippen LogP contribution in [-0.2, 0) is 0 Å². The lowest BCUT2D eigenvalue weighted by Gasteiger charge is -2.16. The average molecular weight is 199 g/mol. The Balaban J connectivity index is 1.93. The van der Waals surface area contributed by atoms with E-state index in [2.05, 4.69) is 19.2 Å². The van der Waals surface area contributed by atoms with Gasteiger partial charge in [-0.2, -0.15) is 0 Å². The van der Waals surface area contributed by atoms with E-state index in [0.717, 1.165) is 6.54 Å². The van der Waals surface area contributed by atoms with Gasteiger partial charge in [-0.25, -0.2) is 0 Å². The summed E-state index contributed by atoms with van der Waals surface area (Å²) in [5, 5.41) is 13.1. The second-order valence-corrected chi connectivity index (χ2v) is 4.71. The van der Waals surface area contributed by atoms with Crippen molar-refractivity contribution in [1.29, 1.82) is 0 Å². The van der Waals surface area contributed by atoms with Crippen LogP contribution in [0.5, 0.6) is 0 Å². The predicted octanol–water partition coefficient (Wildman–Crippen LogP) is 2.32. The Bertz CT molecular complexity index is 145. The minimum absolute atomic E-state index is 0.0939. The first kappa shape index (κ1) is 12.0. The van der Waals surface area contributed by atoms with E-state index in [-0.39, 0.29) is 6.10 Å². The highest BCUT2D eigenvalue weighted by Gasteiger charge is 2.29. The molecule has 0 bridgehead atoms. The van der Waals surface area contributed by atoms with Crippen LogP contribution >= 0.6 is 0 Å². The maximum Gasteiger partial charge on any atom is 0.0692 e. The zero-order valence-electron chi connectivity index (χ0n) is 9.63.